The summed E-state index contributed by atoms with van der Waals surface area (Å²) in [6, 6.07) is 0. The van der Waals surface area contributed by atoms with Crippen LogP contribution in [0.1, 0.15) is 92.4 Å². The van der Waals surface area contributed by atoms with E-state index in [1.54, 1.807) is 0 Å². The molecule has 5 aliphatic carbocycles. The average Bonchev–Trinajstić information content (AvgIpc) is 3.21. The molecular weight excluding hydrogens is 398 g/mol. The molecule has 1 spiro atoms. The van der Waals surface area contributed by atoms with Crippen LogP contribution in [0.3, 0.4) is 0 Å². The normalized spacial score (nSPS) is 52.0. The van der Waals surface area contributed by atoms with Crippen LogP contribution in [-0.2, 0) is 14.3 Å². The second kappa shape index (κ2) is 6.32. The van der Waals surface area contributed by atoms with Crippen molar-refractivity contribution in [2.75, 3.05) is 0 Å². The van der Waals surface area contributed by atoms with Gasteiger partial charge in [0.2, 0.25) is 0 Å². The molecule has 0 aromatic heterocycles. The monoisotopic (exact) mass is 436 g/mol. The van der Waals surface area contributed by atoms with Gasteiger partial charge in [-0.3, -0.25) is 9.59 Å². The molecule has 2 unspecified atom stereocenters. The van der Waals surface area contributed by atoms with Gasteiger partial charge in [-0.15, -0.1) is 0 Å². The Hall–Kier alpha value is -1.00. The zero-order chi connectivity index (χ0) is 22.6. The number of hydrogen-bond acceptors (Lipinski definition) is 3. The van der Waals surface area contributed by atoms with Crippen molar-refractivity contribution < 1.29 is 23.1 Å². The Kier molecular flexibility index (Phi) is 4.45. The van der Waals surface area contributed by atoms with E-state index in [2.05, 4.69) is 27.7 Å². The number of carbonyl (C=O) groups is 2. The molecule has 0 aromatic carbocycles. The first-order chi connectivity index (χ1) is 14.3. The SMILES string of the molecule is CC(=O)O[C@H]1CC[C@@]2(C)C(CC[C@@]3(C)[C@@H]4CCC5(CC5(F)F)C(=O)[C@H]4CC[C@@H]32)C1(C)C. The summed E-state index contributed by atoms with van der Waals surface area (Å²) < 4.78 is 34.1. The third kappa shape index (κ3) is 2.67. The van der Waals surface area contributed by atoms with Gasteiger partial charge in [-0.25, -0.2) is 8.78 Å². The van der Waals surface area contributed by atoms with Crippen molar-refractivity contribution in [3.05, 3.63) is 0 Å². The van der Waals surface area contributed by atoms with E-state index in [0.717, 1.165) is 44.9 Å². The van der Waals surface area contributed by atoms with Gasteiger partial charge in [-0.05, 0) is 80.0 Å². The maximum absolute atomic E-state index is 14.1. The molecule has 0 bridgehead atoms. The van der Waals surface area contributed by atoms with E-state index in [4.69, 9.17) is 4.74 Å². The fraction of sp³-hybridized carbons (Fsp3) is 0.923. The molecule has 5 fully saturated rings. The summed E-state index contributed by atoms with van der Waals surface area (Å²) in [6.07, 6.45) is 6.66. The lowest BCUT2D eigenvalue weighted by atomic mass is 9.37. The molecule has 0 N–H and O–H groups in total. The fourth-order valence-electron chi connectivity index (χ4n) is 9.68. The van der Waals surface area contributed by atoms with Crippen LogP contribution in [0.2, 0.25) is 0 Å². The van der Waals surface area contributed by atoms with Gasteiger partial charge in [0.15, 0.2) is 0 Å². The van der Waals surface area contributed by atoms with E-state index in [9.17, 15) is 18.4 Å². The summed E-state index contributed by atoms with van der Waals surface area (Å²) in [5.41, 5.74) is -1.22. The van der Waals surface area contributed by atoms with E-state index in [1.165, 1.54) is 6.92 Å². The van der Waals surface area contributed by atoms with Gasteiger partial charge in [0.05, 0.1) is 5.41 Å². The highest BCUT2D eigenvalue weighted by molar-refractivity contribution is 5.92. The third-order valence-corrected chi connectivity index (χ3v) is 11.2. The van der Waals surface area contributed by atoms with Crippen molar-refractivity contribution in [1.29, 1.82) is 0 Å². The van der Waals surface area contributed by atoms with Crippen LogP contribution < -0.4 is 0 Å². The first-order valence-electron chi connectivity index (χ1n) is 12.4. The molecule has 5 saturated carbocycles. The minimum absolute atomic E-state index is 0.0416. The predicted molar refractivity (Wildman–Crippen MR) is 113 cm³/mol. The summed E-state index contributed by atoms with van der Waals surface area (Å²) in [7, 11) is 0. The highest BCUT2D eigenvalue weighted by Crippen LogP contribution is 2.74. The highest BCUT2D eigenvalue weighted by Gasteiger charge is 2.78. The molecule has 5 rings (SSSR count). The van der Waals surface area contributed by atoms with Crippen LogP contribution in [0.4, 0.5) is 8.78 Å². The molecule has 3 nitrogen and oxygen atoms in total. The van der Waals surface area contributed by atoms with Gasteiger partial charge in [0.1, 0.15) is 11.9 Å². The van der Waals surface area contributed by atoms with Crippen LogP contribution in [-0.4, -0.2) is 23.8 Å². The zero-order valence-corrected chi connectivity index (χ0v) is 19.7. The van der Waals surface area contributed by atoms with E-state index in [0.29, 0.717) is 18.3 Å². The first kappa shape index (κ1) is 21.8. The molecule has 8 atom stereocenters. The number of ketones is 1. The standard InChI is InChI=1S/C26H38F2O3/c1-15(29)31-20-10-12-24(5)18(22(20,2)3)9-11-23(4)17-8-13-25(14-26(25,27)28)21(30)16(17)6-7-19(23)24/h16-20H,6-14H2,1-5H3/t16-,17+,18?,19-,20-,23-,24-,25?/m0/s1. The highest BCUT2D eigenvalue weighted by atomic mass is 19.3. The van der Waals surface area contributed by atoms with Crippen molar-refractivity contribution in [3.8, 4) is 0 Å². The molecule has 0 aliphatic heterocycles. The molecule has 0 radical (unpaired) electrons. The smallest absolute Gasteiger partial charge is 0.302 e. The van der Waals surface area contributed by atoms with Crippen molar-refractivity contribution in [1.82, 2.24) is 0 Å². The minimum Gasteiger partial charge on any atom is -0.462 e. The van der Waals surface area contributed by atoms with Crippen molar-refractivity contribution in [3.63, 3.8) is 0 Å². The van der Waals surface area contributed by atoms with Crippen molar-refractivity contribution >= 4 is 11.8 Å². The predicted octanol–water partition coefficient (Wildman–Crippen LogP) is 6.19. The van der Waals surface area contributed by atoms with Crippen LogP contribution in [0, 0.1) is 45.3 Å². The van der Waals surface area contributed by atoms with Gasteiger partial charge in [0.25, 0.3) is 5.92 Å². The maximum Gasteiger partial charge on any atom is 0.302 e. The van der Waals surface area contributed by atoms with Crippen molar-refractivity contribution in [2.24, 2.45) is 45.3 Å². The Morgan fingerprint density at radius 2 is 1.55 bits per heavy atom. The number of carbonyl (C=O) groups excluding carboxylic acids is 2. The molecule has 5 aliphatic rings. The van der Waals surface area contributed by atoms with Gasteiger partial charge < -0.3 is 4.74 Å². The van der Waals surface area contributed by atoms with Crippen LogP contribution in [0.5, 0.6) is 0 Å². The number of ether oxygens (including phenoxy) is 1. The van der Waals surface area contributed by atoms with E-state index in [-0.39, 0.29) is 52.4 Å². The number of alkyl halides is 2. The summed E-state index contributed by atoms with van der Waals surface area (Å²) in [6.45, 7) is 10.8. The summed E-state index contributed by atoms with van der Waals surface area (Å²) in [5.74, 6) is -2.05. The number of fused-ring (bicyclic) bond motifs is 5. The first-order valence-corrected chi connectivity index (χ1v) is 12.4. The molecule has 0 heterocycles. The molecule has 174 valence electrons. The largest absolute Gasteiger partial charge is 0.462 e. The summed E-state index contributed by atoms with van der Waals surface area (Å²) in [4.78, 5) is 25.0. The Balaban J connectivity index is 1.43. The number of halogens is 2. The Labute approximate surface area is 185 Å². The second-order valence-corrected chi connectivity index (χ2v) is 12.8. The summed E-state index contributed by atoms with van der Waals surface area (Å²) >= 11 is 0. The lowest BCUT2D eigenvalue weighted by Gasteiger charge is -2.68. The molecule has 0 saturated heterocycles. The third-order valence-electron chi connectivity index (χ3n) is 11.2. The number of esters is 1. The second-order valence-electron chi connectivity index (χ2n) is 12.8. The molecule has 5 heteroatoms. The maximum atomic E-state index is 14.1. The fourth-order valence-corrected chi connectivity index (χ4v) is 9.68. The number of rotatable bonds is 1. The van der Waals surface area contributed by atoms with Gasteiger partial charge in [-0.1, -0.05) is 27.7 Å². The molecule has 31 heavy (non-hydrogen) atoms. The molecule has 0 aromatic rings. The zero-order valence-electron chi connectivity index (χ0n) is 19.7. The van der Waals surface area contributed by atoms with E-state index < -0.39 is 11.3 Å². The minimum atomic E-state index is -2.77. The number of Topliss-reactive ketones (excluding diaryl/α,β-unsaturated/α-hetero) is 1. The lowest BCUT2D eigenvalue weighted by molar-refractivity contribution is -0.214. The van der Waals surface area contributed by atoms with Crippen LogP contribution in [0.15, 0.2) is 0 Å². The Morgan fingerprint density at radius 1 is 0.903 bits per heavy atom. The molecule has 0 amide bonds. The van der Waals surface area contributed by atoms with Gasteiger partial charge in [-0.2, -0.15) is 0 Å². The van der Waals surface area contributed by atoms with Crippen LogP contribution >= 0.6 is 0 Å². The lowest BCUT2D eigenvalue weighted by Crippen LogP contribution is -2.63. The van der Waals surface area contributed by atoms with Gasteiger partial charge >= 0.3 is 5.97 Å². The average molecular weight is 437 g/mol. The summed E-state index contributed by atoms with van der Waals surface area (Å²) in [5, 5.41) is 0. The quantitative estimate of drug-likeness (QED) is 0.460. The Morgan fingerprint density at radius 3 is 2.16 bits per heavy atom. The number of hydrogen-bond donors (Lipinski definition) is 0. The topological polar surface area (TPSA) is 43.4 Å². The van der Waals surface area contributed by atoms with Crippen molar-refractivity contribution in [2.45, 2.75) is 104 Å². The van der Waals surface area contributed by atoms with Gasteiger partial charge in [0, 0.05) is 24.7 Å². The van der Waals surface area contributed by atoms with Crippen LogP contribution in [0.25, 0.3) is 0 Å². The molecular formula is C26H38F2O3. The van der Waals surface area contributed by atoms with E-state index in [1.807, 2.05) is 0 Å². The Bertz CT molecular complexity index is 821. The van der Waals surface area contributed by atoms with E-state index >= 15 is 0 Å².